The third kappa shape index (κ3) is 3.56. The minimum atomic E-state index is -4.97. The van der Waals surface area contributed by atoms with Crippen LogP contribution in [0.15, 0.2) is 0 Å². The van der Waals surface area contributed by atoms with Crippen LogP contribution in [0.3, 0.4) is 0 Å². The summed E-state index contributed by atoms with van der Waals surface area (Å²) < 4.78 is 45.4. The maximum absolute atomic E-state index is 12.0. The van der Waals surface area contributed by atoms with Gasteiger partial charge in [-0.05, 0) is 5.92 Å². The van der Waals surface area contributed by atoms with E-state index >= 15 is 0 Å². The van der Waals surface area contributed by atoms with Gasteiger partial charge in [-0.1, -0.05) is 0 Å². The van der Waals surface area contributed by atoms with Gasteiger partial charge in [0.25, 0.3) is 0 Å². The topological polar surface area (TPSA) is 50.8 Å². The number of nitrogens with zero attached hydrogens (tertiary/aromatic N) is 1. The SMILES string of the molecule is O=C(OC1CN(CC2CNC2)CCO1)C(F)(F)F. The number of hydrogen-bond acceptors (Lipinski definition) is 5. The first-order valence-electron chi connectivity index (χ1n) is 5.77. The molecule has 0 radical (unpaired) electrons. The molecule has 5 nitrogen and oxygen atoms in total. The van der Waals surface area contributed by atoms with Gasteiger partial charge in [-0.25, -0.2) is 4.79 Å². The lowest BCUT2D eigenvalue weighted by molar-refractivity contribution is -0.234. The maximum atomic E-state index is 12.0. The largest absolute Gasteiger partial charge is 0.491 e. The molecule has 1 atom stereocenters. The summed E-state index contributed by atoms with van der Waals surface area (Å²) in [7, 11) is 0. The normalized spacial score (nSPS) is 26.7. The van der Waals surface area contributed by atoms with Crippen molar-refractivity contribution < 1.29 is 27.4 Å². The molecule has 2 heterocycles. The molecule has 0 saturated carbocycles. The number of carbonyl (C=O) groups excluding carboxylic acids is 1. The van der Waals surface area contributed by atoms with Crippen molar-refractivity contribution in [1.82, 2.24) is 10.2 Å². The molecule has 2 saturated heterocycles. The van der Waals surface area contributed by atoms with Crippen molar-refractivity contribution >= 4 is 5.97 Å². The van der Waals surface area contributed by atoms with Crippen molar-refractivity contribution in [3.8, 4) is 0 Å². The van der Waals surface area contributed by atoms with Crippen LogP contribution in [-0.4, -0.2) is 62.7 Å². The predicted octanol–water partition coefficient (Wildman–Crippen LogP) is -0.0304. The molecule has 1 N–H and O–H groups in total. The van der Waals surface area contributed by atoms with Gasteiger partial charge in [0.2, 0.25) is 6.29 Å². The Bertz CT molecular complexity index is 307. The molecule has 0 aromatic heterocycles. The number of hydrogen-bond donors (Lipinski definition) is 1. The Morgan fingerprint density at radius 1 is 1.44 bits per heavy atom. The van der Waals surface area contributed by atoms with Gasteiger partial charge in [0.1, 0.15) is 0 Å². The molecule has 2 aliphatic heterocycles. The van der Waals surface area contributed by atoms with E-state index in [4.69, 9.17) is 4.74 Å². The molecule has 2 aliphatic rings. The summed E-state index contributed by atoms with van der Waals surface area (Å²) in [5.41, 5.74) is 0. The molecule has 0 amide bonds. The number of esters is 1. The van der Waals surface area contributed by atoms with Crippen LogP contribution >= 0.6 is 0 Å². The molecule has 18 heavy (non-hydrogen) atoms. The van der Waals surface area contributed by atoms with Gasteiger partial charge in [0, 0.05) is 26.2 Å². The van der Waals surface area contributed by atoms with E-state index in [1.54, 1.807) is 0 Å². The highest BCUT2D eigenvalue weighted by Crippen LogP contribution is 2.19. The summed E-state index contributed by atoms with van der Waals surface area (Å²) in [4.78, 5) is 12.6. The van der Waals surface area contributed by atoms with Crippen LogP contribution < -0.4 is 5.32 Å². The molecule has 0 spiro atoms. The molecule has 2 fully saturated rings. The lowest BCUT2D eigenvalue weighted by atomic mass is 10.0. The van der Waals surface area contributed by atoms with Gasteiger partial charge in [-0.2, -0.15) is 13.2 Å². The van der Waals surface area contributed by atoms with Crippen LogP contribution in [0.1, 0.15) is 0 Å². The summed E-state index contributed by atoms with van der Waals surface area (Å²) in [6.07, 6.45) is -6.09. The number of morpholine rings is 1. The molecule has 0 aromatic rings. The maximum Gasteiger partial charge on any atom is 0.491 e. The fourth-order valence-electron chi connectivity index (χ4n) is 1.93. The van der Waals surface area contributed by atoms with Gasteiger partial charge < -0.3 is 14.8 Å². The molecular formula is C10H15F3N2O3. The molecule has 8 heteroatoms. The highest BCUT2D eigenvalue weighted by molar-refractivity contribution is 5.75. The first-order chi connectivity index (χ1) is 8.45. The second-order valence-electron chi connectivity index (χ2n) is 4.49. The van der Waals surface area contributed by atoms with Gasteiger partial charge in [-0.15, -0.1) is 0 Å². The lowest BCUT2D eigenvalue weighted by Gasteiger charge is -2.37. The Morgan fingerprint density at radius 2 is 2.17 bits per heavy atom. The number of rotatable bonds is 3. The summed E-state index contributed by atoms with van der Waals surface area (Å²) in [6, 6.07) is 0. The van der Waals surface area contributed by atoms with Gasteiger partial charge in [-0.3, -0.25) is 4.90 Å². The minimum absolute atomic E-state index is 0.193. The Labute approximate surface area is 102 Å². The monoisotopic (exact) mass is 268 g/mol. The summed E-state index contributed by atoms with van der Waals surface area (Å²) in [6.45, 7) is 3.75. The predicted molar refractivity (Wildman–Crippen MR) is 54.7 cm³/mol. The van der Waals surface area contributed by atoms with Crippen LogP contribution in [0.2, 0.25) is 0 Å². The minimum Gasteiger partial charge on any atom is -0.428 e. The fraction of sp³-hybridized carbons (Fsp3) is 0.900. The van der Waals surface area contributed by atoms with Crippen molar-refractivity contribution in [2.24, 2.45) is 5.92 Å². The molecule has 0 aliphatic carbocycles. The third-order valence-electron chi connectivity index (χ3n) is 2.97. The van der Waals surface area contributed by atoms with Crippen LogP contribution in [0.25, 0.3) is 0 Å². The number of carbonyl (C=O) groups is 1. The number of nitrogens with one attached hydrogen (secondary N) is 1. The van der Waals surface area contributed by atoms with Crippen molar-refractivity contribution in [2.45, 2.75) is 12.5 Å². The second kappa shape index (κ2) is 5.41. The van der Waals surface area contributed by atoms with Crippen molar-refractivity contribution in [1.29, 1.82) is 0 Å². The standard InChI is InChI=1S/C10H15F3N2O3/c11-10(12,13)9(16)18-8-6-15(1-2-17-8)5-7-3-14-4-7/h7-8,14H,1-6H2. The van der Waals surface area contributed by atoms with Gasteiger partial charge in [0.05, 0.1) is 13.2 Å². The molecule has 2 rings (SSSR count). The second-order valence-corrected chi connectivity index (χ2v) is 4.49. The van der Waals surface area contributed by atoms with E-state index in [0.717, 1.165) is 19.6 Å². The Morgan fingerprint density at radius 3 is 2.72 bits per heavy atom. The zero-order valence-corrected chi connectivity index (χ0v) is 9.70. The van der Waals surface area contributed by atoms with E-state index in [-0.39, 0.29) is 13.2 Å². The summed E-state index contributed by atoms with van der Waals surface area (Å²) in [5, 5.41) is 3.12. The number of halogens is 3. The van der Waals surface area contributed by atoms with Crippen molar-refractivity contribution in [2.75, 3.05) is 39.3 Å². The smallest absolute Gasteiger partial charge is 0.428 e. The van der Waals surface area contributed by atoms with Crippen molar-refractivity contribution in [3.05, 3.63) is 0 Å². The van der Waals surface area contributed by atoms with E-state index < -0.39 is 18.4 Å². The zero-order chi connectivity index (χ0) is 13.2. The van der Waals surface area contributed by atoms with E-state index in [2.05, 4.69) is 10.1 Å². The summed E-state index contributed by atoms with van der Waals surface area (Å²) in [5.74, 6) is -1.68. The van der Waals surface area contributed by atoms with Crippen LogP contribution in [-0.2, 0) is 14.3 Å². The third-order valence-corrected chi connectivity index (χ3v) is 2.97. The molecule has 0 bridgehead atoms. The summed E-state index contributed by atoms with van der Waals surface area (Å²) >= 11 is 0. The number of ether oxygens (including phenoxy) is 2. The zero-order valence-electron chi connectivity index (χ0n) is 9.70. The average molecular weight is 268 g/mol. The first-order valence-corrected chi connectivity index (χ1v) is 5.77. The highest BCUT2D eigenvalue weighted by Gasteiger charge is 2.43. The number of alkyl halides is 3. The van der Waals surface area contributed by atoms with Crippen LogP contribution in [0.4, 0.5) is 13.2 Å². The molecule has 1 unspecified atom stereocenters. The Hall–Kier alpha value is -0.860. The lowest BCUT2D eigenvalue weighted by Crippen LogP contribution is -2.53. The van der Waals surface area contributed by atoms with E-state index in [1.807, 2.05) is 4.90 Å². The van der Waals surface area contributed by atoms with Gasteiger partial charge >= 0.3 is 12.1 Å². The quantitative estimate of drug-likeness (QED) is 0.728. The van der Waals surface area contributed by atoms with Gasteiger partial charge in [0.15, 0.2) is 0 Å². The van der Waals surface area contributed by atoms with E-state index in [0.29, 0.717) is 12.5 Å². The average Bonchev–Trinajstić information content (AvgIpc) is 2.23. The Balaban J connectivity index is 1.77. The van der Waals surface area contributed by atoms with Crippen molar-refractivity contribution in [3.63, 3.8) is 0 Å². The highest BCUT2D eigenvalue weighted by atomic mass is 19.4. The molecular weight excluding hydrogens is 253 g/mol. The fourth-order valence-corrected chi connectivity index (χ4v) is 1.93. The molecule has 104 valence electrons. The molecule has 0 aromatic carbocycles. The Kier molecular flexibility index (Phi) is 4.08. The van der Waals surface area contributed by atoms with Crippen LogP contribution in [0, 0.1) is 5.92 Å². The van der Waals surface area contributed by atoms with E-state index in [9.17, 15) is 18.0 Å². The van der Waals surface area contributed by atoms with Crippen LogP contribution in [0.5, 0.6) is 0 Å². The van der Waals surface area contributed by atoms with E-state index in [1.165, 1.54) is 0 Å². The first kappa shape index (κ1) is 13.6.